The molecule has 1 fully saturated rings. The summed E-state index contributed by atoms with van der Waals surface area (Å²) in [5.41, 5.74) is 2.69. The number of rotatable bonds is 4. The standard InChI is InChI=1S/C20H22ClN5O3/c1-11-7-15(16(28-3)8-14(11)21)24-19(27)13-5-4-6-26(9-13)18-17-12(2)25-29-20(17)23-10-22-18/h7-8,10,13H,4-6,9H2,1-3H3,(H,24,27)/t13-/m0/s1. The molecule has 0 saturated carbocycles. The molecule has 8 nitrogen and oxygen atoms in total. The largest absolute Gasteiger partial charge is 0.495 e. The Hall–Kier alpha value is -2.87. The van der Waals surface area contributed by atoms with Crippen LogP contribution in [0.3, 0.4) is 0 Å². The zero-order valence-corrected chi connectivity index (χ0v) is 17.3. The van der Waals surface area contributed by atoms with Gasteiger partial charge in [-0.15, -0.1) is 0 Å². The van der Waals surface area contributed by atoms with Crippen LogP contribution in [0.5, 0.6) is 5.75 Å². The van der Waals surface area contributed by atoms with Gasteiger partial charge in [-0.2, -0.15) is 4.98 Å². The second-order valence-corrected chi connectivity index (χ2v) is 7.63. The summed E-state index contributed by atoms with van der Waals surface area (Å²) in [5.74, 6) is 1.06. The fourth-order valence-corrected chi connectivity index (χ4v) is 3.85. The lowest BCUT2D eigenvalue weighted by Gasteiger charge is -2.33. The molecule has 3 aromatic rings. The fourth-order valence-electron chi connectivity index (χ4n) is 3.69. The average Bonchev–Trinajstić information content (AvgIpc) is 3.11. The van der Waals surface area contributed by atoms with Gasteiger partial charge in [0, 0.05) is 24.2 Å². The van der Waals surface area contributed by atoms with Gasteiger partial charge in [-0.05, 0) is 38.3 Å². The number of carbonyl (C=O) groups is 1. The maximum absolute atomic E-state index is 13.0. The number of ether oxygens (including phenoxy) is 1. The van der Waals surface area contributed by atoms with Crippen LogP contribution >= 0.6 is 11.6 Å². The first-order chi connectivity index (χ1) is 14.0. The van der Waals surface area contributed by atoms with E-state index < -0.39 is 0 Å². The van der Waals surface area contributed by atoms with Gasteiger partial charge in [0.2, 0.25) is 5.91 Å². The first-order valence-corrected chi connectivity index (χ1v) is 9.82. The lowest BCUT2D eigenvalue weighted by Crippen LogP contribution is -2.41. The number of halogens is 1. The molecule has 4 rings (SSSR count). The molecule has 29 heavy (non-hydrogen) atoms. The van der Waals surface area contributed by atoms with E-state index in [1.54, 1.807) is 13.2 Å². The molecule has 1 aliphatic heterocycles. The van der Waals surface area contributed by atoms with Gasteiger partial charge in [-0.1, -0.05) is 16.8 Å². The summed E-state index contributed by atoms with van der Waals surface area (Å²) in [7, 11) is 1.56. The highest BCUT2D eigenvalue weighted by Crippen LogP contribution is 2.33. The smallest absolute Gasteiger partial charge is 0.263 e. The van der Waals surface area contributed by atoms with E-state index in [0.717, 1.165) is 41.8 Å². The van der Waals surface area contributed by atoms with Crippen molar-refractivity contribution in [1.82, 2.24) is 15.1 Å². The molecule has 0 spiro atoms. The number of methoxy groups -OCH3 is 1. The lowest BCUT2D eigenvalue weighted by atomic mass is 9.96. The number of hydrogen-bond donors (Lipinski definition) is 1. The zero-order chi connectivity index (χ0) is 20.5. The van der Waals surface area contributed by atoms with Gasteiger partial charge < -0.3 is 19.5 Å². The summed E-state index contributed by atoms with van der Waals surface area (Å²) in [5, 5.41) is 8.38. The molecule has 1 saturated heterocycles. The molecule has 2 aromatic heterocycles. The van der Waals surface area contributed by atoms with Gasteiger partial charge in [-0.3, -0.25) is 4.79 Å². The molecule has 3 heterocycles. The number of aromatic nitrogens is 3. The van der Waals surface area contributed by atoms with Crippen molar-refractivity contribution in [3.8, 4) is 5.75 Å². The molecule has 0 radical (unpaired) electrons. The number of benzene rings is 1. The fraction of sp³-hybridized carbons (Fsp3) is 0.400. The van der Waals surface area contributed by atoms with Crippen LogP contribution in [0, 0.1) is 19.8 Å². The Balaban J connectivity index is 1.55. The number of anilines is 2. The van der Waals surface area contributed by atoms with Gasteiger partial charge in [0.25, 0.3) is 5.71 Å². The lowest BCUT2D eigenvalue weighted by molar-refractivity contribution is -0.120. The van der Waals surface area contributed by atoms with Crippen molar-refractivity contribution < 1.29 is 14.1 Å². The molecule has 1 atom stereocenters. The van der Waals surface area contributed by atoms with Crippen LogP contribution in [0.25, 0.3) is 11.1 Å². The van der Waals surface area contributed by atoms with Crippen molar-refractivity contribution in [2.45, 2.75) is 26.7 Å². The van der Waals surface area contributed by atoms with E-state index in [2.05, 4.69) is 25.3 Å². The number of nitrogens with one attached hydrogen (secondary N) is 1. The van der Waals surface area contributed by atoms with Crippen LogP contribution < -0.4 is 15.0 Å². The number of carbonyl (C=O) groups excluding carboxylic acids is 1. The maximum Gasteiger partial charge on any atom is 0.263 e. The summed E-state index contributed by atoms with van der Waals surface area (Å²) < 4.78 is 10.6. The van der Waals surface area contributed by atoms with E-state index in [9.17, 15) is 4.79 Å². The molecule has 1 aromatic carbocycles. The molecule has 1 N–H and O–H groups in total. The summed E-state index contributed by atoms with van der Waals surface area (Å²) in [4.78, 5) is 23.7. The number of nitrogens with zero attached hydrogens (tertiary/aromatic N) is 4. The van der Waals surface area contributed by atoms with Gasteiger partial charge in [0.15, 0.2) is 0 Å². The Morgan fingerprint density at radius 1 is 1.34 bits per heavy atom. The first kappa shape index (κ1) is 19.4. The van der Waals surface area contributed by atoms with Crippen LogP contribution in [-0.4, -0.2) is 41.2 Å². The maximum atomic E-state index is 13.0. The van der Waals surface area contributed by atoms with Crippen LogP contribution in [-0.2, 0) is 4.79 Å². The van der Waals surface area contributed by atoms with E-state index in [1.165, 1.54) is 6.33 Å². The quantitative estimate of drug-likeness (QED) is 0.693. The highest BCUT2D eigenvalue weighted by atomic mass is 35.5. The third-order valence-corrected chi connectivity index (χ3v) is 5.66. The SMILES string of the molecule is COc1cc(Cl)c(C)cc1NC(=O)[C@H]1CCCN(c2ncnc3onc(C)c23)C1. The van der Waals surface area contributed by atoms with Gasteiger partial charge in [0.05, 0.1) is 24.4 Å². The Kier molecular flexibility index (Phi) is 5.27. The number of hydrogen-bond acceptors (Lipinski definition) is 7. The highest BCUT2D eigenvalue weighted by Gasteiger charge is 2.29. The summed E-state index contributed by atoms with van der Waals surface area (Å²) in [6.45, 7) is 5.12. The normalized spacial score (nSPS) is 16.8. The van der Waals surface area contributed by atoms with Crippen molar-refractivity contribution in [1.29, 1.82) is 0 Å². The van der Waals surface area contributed by atoms with E-state index >= 15 is 0 Å². The third-order valence-electron chi connectivity index (χ3n) is 5.25. The first-order valence-electron chi connectivity index (χ1n) is 9.45. The van der Waals surface area contributed by atoms with Crippen molar-refractivity contribution in [2.24, 2.45) is 5.92 Å². The third kappa shape index (κ3) is 3.72. The number of aryl methyl sites for hydroxylation is 2. The number of amides is 1. The van der Waals surface area contributed by atoms with E-state index in [-0.39, 0.29) is 11.8 Å². The van der Waals surface area contributed by atoms with Crippen LogP contribution in [0.4, 0.5) is 11.5 Å². The van der Waals surface area contributed by atoms with Gasteiger partial charge in [0.1, 0.15) is 23.3 Å². The predicted molar refractivity (Wildman–Crippen MR) is 111 cm³/mol. The number of piperidine rings is 1. The Bertz CT molecular complexity index is 1070. The van der Waals surface area contributed by atoms with E-state index in [1.807, 2.05) is 19.9 Å². The van der Waals surface area contributed by atoms with Crippen molar-refractivity contribution in [3.05, 3.63) is 34.7 Å². The summed E-state index contributed by atoms with van der Waals surface area (Å²) in [6.07, 6.45) is 3.14. The molecule has 0 unspecified atom stereocenters. The molecule has 152 valence electrons. The van der Waals surface area contributed by atoms with Crippen molar-refractivity contribution in [3.63, 3.8) is 0 Å². The Morgan fingerprint density at radius 3 is 2.97 bits per heavy atom. The van der Waals surface area contributed by atoms with Crippen LogP contribution in [0.1, 0.15) is 24.1 Å². The second kappa shape index (κ2) is 7.87. The molecule has 9 heteroatoms. The van der Waals surface area contributed by atoms with Crippen LogP contribution in [0.15, 0.2) is 23.0 Å². The van der Waals surface area contributed by atoms with E-state index in [0.29, 0.717) is 28.7 Å². The topological polar surface area (TPSA) is 93.4 Å². The Morgan fingerprint density at radius 2 is 2.17 bits per heavy atom. The molecule has 0 aliphatic carbocycles. The van der Waals surface area contributed by atoms with Crippen LogP contribution in [0.2, 0.25) is 5.02 Å². The van der Waals surface area contributed by atoms with Gasteiger partial charge >= 0.3 is 0 Å². The predicted octanol–water partition coefficient (Wildman–Crippen LogP) is 3.75. The minimum absolute atomic E-state index is 0.0536. The highest BCUT2D eigenvalue weighted by molar-refractivity contribution is 6.31. The molecular weight excluding hydrogens is 394 g/mol. The second-order valence-electron chi connectivity index (χ2n) is 7.22. The number of fused-ring (bicyclic) bond motifs is 1. The minimum Gasteiger partial charge on any atom is -0.495 e. The summed E-state index contributed by atoms with van der Waals surface area (Å²) in [6, 6.07) is 3.54. The van der Waals surface area contributed by atoms with Crippen molar-refractivity contribution in [2.75, 3.05) is 30.4 Å². The van der Waals surface area contributed by atoms with Crippen molar-refractivity contribution >= 4 is 40.1 Å². The van der Waals surface area contributed by atoms with E-state index in [4.69, 9.17) is 20.9 Å². The zero-order valence-electron chi connectivity index (χ0n) is 16.5. The minimum atomic E-state index is -0.186. The van der Waals surface area contributed by atoms with Gasteiger partial charge in [-0.25, -0.2) is 4.98 Å². The molecular formula is C20H22ClN5O3. The average molecular weight is 416 g/mol. The summed E-state index contributed by atoms with van der Waals surface area (Å²) >= 11 is 6.16. The Labute approximate surface area is 173 Å². The molecule has 0 bridgehead atoms. The monoisotopic (exact) mass is 415 g/mol. The molecule has 1 aliphatic rings. The molecule has 1 amide bonds.